The van der Waals surface area contributed by atoms with Gasteiger partial charge in [-0.15, -0.1) is 0 Å². The van der Waals surface area contributed by atoms with Crippen LogP contribution < -0.4 is 4.72 Å². The molecule has 0 saturated carbocycles. The molecule has 0 fully saturated rings. The van der Waals surface area contributed by atoms with Crippen LogP contribution in [-0.4, -0.2) is 25.3 Å². The zero-order chi connectivity index (χ0) is 15.5. The highest BCUT2D eigenvalue weighted by molar-refractivity contribution is 9.09. The molecule has 0 saturated heterocycles. The Hall–Kier alpha value is -0.980. The van der Waals surface area contributed by atoms with E-state index >= 15 is 0 Å². The number of hydrogen-bond donors (Lipinski definition) is 1. The van der Waals surface area contributed by atoms with Gasteiger partial charge in [0.05, 0.1) is 10.4 Å². The summed E-state index contributed by atoms with van der Waals surface area (Å²) in [6, 6.07) is 7.00. The molecule has 0 bridgehead atoms. The third kappa shape index (κ3) is 3.81. The molecule has 6 heteroatoms. The van der Waals surface area contributed by atoms with Crippen LogP contribution in [0.1, 0.15) is 18.9 Å². The van der Waals surface area contributed by atoms with Crippen molar-refractivity contribution in [2.45, 2.75) is 25.2 Å². The van der Waals surface area contributed by atoms with Crippen LogP contribution in [0.3, 0.4) is 0 Å². The van der Waals surface area contributed by atoms with E-state index in [9.17, 15) is 8.42 Å². The van der Waals surface area contributed by atoms with Crippen molar-refractivity contribution in [3.8, 4) is 0 Å². The summed E-state index contributed by atoms with van der Waals surface area (Å²) in [4.78, 5) is 4.57. The molecule has 114 valence electrons. The largest absolute Gasteiger partial charge is 0.256 e. The molecule has 0 amide bonds. The molecular weight excluding hydrogens is 352 g/mol. The van der Waals surface area contributed by atoms with Crippen molar-refractivity contribution in [2.75, 3.05) is 11.9 Å². The van der Waals surface area contributed by atoms with Gasteiger partial charge >= 0.3 is 0 Å². The standard InChI is InChI=1S/C15H19BrN2O2S/c1-11(7-8-16)10-18-21(19,20)14-6-5-12(2)15-13(14)4-3-9-17-15/h3-6,9,11,18H,7-8,10H2,1-2H3. The first-order valence-corrected chi connectivity index (χ1v) is 9.46. The predicted octanol–water partition coefficient (Wildman–Crippen LogP) is 3.24. The summed E-state index contributed by atoms with van der Waals surface area (Å²) in [6.07, 6.45) is 2.61. The fourth-order valence-corrected chi connectivity index (χ4v) is 4.28. The normalized spacial score (nSPS) is 13.5. The maximum absolute atomic E-state index is 12.5. The number of rotatable bonds is 6. The minimum absolute atomic E-state index is 0.286. The van der Waals surface area contributed by atoms with Crippen LogP contribution in [0.25, 0.3) is 10.9 Å². The number of fused-ring (bicyclic) bond motifs is 1. The lowest BCUT2D eigenvalue weighted by atomic mass is 10.1. The van der Waals surface area contributed by atoms with Crippen molar-refractivity contribution in [3.63, 3.8) is 0 Å². The van der Waals surface area contributed by atoms with E-state index < -0.39 is 10.0 Å². The molecule has 1 atom stereocenters. The summed E-state index contributed by atoms with van der Waals surface area (Å²) >= 11 is 3.37. The number of nitrogens with one attached hydrogen (secondary N) is 1. The summed E-state index contributed by atoms with van der Waals surface area (Å²) in [5, 5.41) is 1.53. The molecule has 2 aromatic rings. The molecule has 0 spiro atoms. The summed E-state index contributed by atoms with van der Waals surface area (Å²) in [6.45, 7) is 4.39. The molecule has 1 unspecified atom stereocenters. The van der Waals surface area contributed by atoms with Crippen LogP contribution in [0.5, 0.6) is 0 Å². The van der Waals surface area contributed by atoms with Gasteiger partial charge in [0.15, 0.2) is 0 Å². The first-order valence-electron chi connectivity index (χ1n) is 6.85. The zero-order valence-electron chi connectivity index (χ0n) is 12.1. The molecule has 0 radical (unpaired) electrons. The van der Waals surface area contributed by atoms with E-state index in [4.69, 9.17) is 0 Å². The van der Waals surface area contributed by atoms with E-state index in [1.54, 1.807) is 30.5 Å². The number of aryl methyl sites for hydroxylation is 1. The Kier molecular flexibility index (Phi) is 5.35. The monoisotopic (exact) mass is 370 g/mol. The Morgan fingerprint density at radius 2 is 2.10 bits per heavy atom. The second-order valence-electron chi connectivity index (χ2n) is 5.21. The summed E-state index contributed by atoms with van der Waals surface area (Å²) in [7, 11) is -3.52. The highest BCUT2D eigenvalue weighted by Crippen LogP contribution is 2.24. The van der Waals surface area contributed by atoms with E-state index in [1.807, 2.05) is 13.8 Å². The average Bonchev–Trinajstić information content (AvgIpc) is 2.46. The SMILES string of the molecule is Cc1ccc(S(=O)(=O)NCC(C)CCBr)c2cccnc12. The average molecular weight is 371 g/mol. The van der Waals surface area contributed by atoms with Crippen molar-refractivity contribution in [1.29, 1.82) is 0 Å². The van der Waals surface area contributed by atoms with Crippen LogP contribution in [0.15, 0.2) is 35.4 Å². The van der Waals surface area contributed by atoms with Crippen molar-refractivity contribution >= 4 is 36.9 Å². The molecular formula is C15H19BrN2O2S. The van der Waals surface area contributed by atoms with Gasteiger partial charge in [-0.3, -0.25) is 4.98 Å². The Balaban J connectivity index is 2.35. The number of aromatic nitrogens is 1. The van der Waals surface area contributed by atoms with Gasteiger partial charge < -0.3 is 0 Å². The first kappa shape index (κ1) is 16.4. The number of halogens is 1. The van der Waals surface area contributed by atoms with Crippen LogP contribution in [0, 0.1) is 12.8 Å². The van der Waals surface area contributed by atoms with Crippen molar-refractivity contribution < 1.29 is 8.42 Å². The van der Waals surface area contributed by atoms with E-state index in [0.29, 0.717) is 16.8 Å². The minimum Gasteiger partial charge on any atom is -0.256 e. The second-order valence-corrected chi connectivity index (χ2v) is 7.74. The van der Waals surface area contributed by atoms with E-state index in [2.05, 4.69) is 25.6 Å². The quantitative estimate of drug-likeness (QED) is 0.793. The maximum atomic E-state index is 12.5. The number of alkyl halides is 1. The van der Waals surface area contributed by atoms with Crippen LogP contribution in [0.2, 0.25) is 0 Å². The van der Waals surface area contributed by atoms with Gasteiger partial charge in [0, 0.05) is 23.5 Å². The molecule has 1 aromatic carbocycles. The lowest BCUT2D eigenvalue weighted by Crippen LogP contribution is -2.28. The first-order chi connectivity index (χ1) is 9.95. The van der Waals surface area contributed by atoms with Crippen LogP contribution in [0.4, 0.5) is 0 Å². The van der Waals surface area contributed by atoms with Gasteiger partial charge in [-0.1, -0.05) is 28.9 Å². The van der Waals surface area contributed by atoms with Gasteiger partial charge in [-0.2, -0.15) is 0 Å². The molecule has 0 aliphatic carbocycles. The van der Waals surface area contributed by atoms with Crippen LogP contribution in [-0.2, 0) is 10.0 Å². The molecule has 1 heterocycles. The van der Waals surface area contributed by atoms with Crippen molar-refractivity contribution in [2.24, 2.45) is 5.92 Å². The number of benzene rings is 1. The van der Waals surface area contributed by atoms with Gasteiger partial charge in [-0.25, -0.2) is 13.1 Å². The van der Waals surface area contributed by atoms with Gasteiger partial charge in [-0.05, 0) is 43.0 Å². The third-order valence-corrected chi connectivity index (χ3v) is 5.38. The lowest BCUT2D eigenvalue weighted by molar-refractivity contribution is 0.532. The van der Waals surface area contributed by atoms with Crippen molar-refractivity contribution in [3.05, 3.63) is 36.0 Å². The number of hydrogen-bond acceptors (Lipinski definition) is 3. The highest BCUT2D eigenvalue weighted by Gasteiger charge is 2.19. The number of nitrogens with zero attached hydrogens (tertiary/aromatic N) is 1. The third-order valence-electron chi connectivity index (χ3n) is 3.44. The Labute approximate surface area is 134 Å². The number of pyridine rings is 1. The van der Waals surface area contributed by atoms with Gasteiger partial charge in [0.2, 0.25) is 10.0 Å². The summed E-state index contributed by atoms with van der Waals surface area (Å²) < 4.78 is 27.7. The topological polar surface area (TPSA) is 59.1 Å². The maximum Gasteiger partial charge on any atom is 0.241 e. The summed E-state index contributed by atoms with van der Waals surface area (Å²) in [5.41, 5.74) is 1.70. The Morgan fingerprint density at radius 1 is 1.33 bits per heavy atom. The fourth-order valence-electron chi connectivity index (χ4n) is 2.14. The molecule has 21 heavy (non-hydrogen) atoms. The van der Waals surface area contributed by atoms with Crippen molar-refractivity contribution in [1.82, 2.24) is 9.71 Å². The molecule has 2 rings (SSSR count). The van der Waals surface area contributed by atoms with E-state index in [1.165, 1.54) is 0 Å². The summed E-state index contributed by atoms with van der Waals surface area (Å²) in [5.74, 6) is 0.286. The predicted molar refractivity (Wildman–Crippen MR) is 89.2 cm³/mol. The highest BCUT2D eigenvalue weighted by atomic mass is 79.9. The van der Waals surface area contributed by atoms with E-state index in [0.717, 1.165) is 22.8 Å². The van der Waals surface area contributed by atoms with Gasteiger partial charge in [0.25, 0.3) is 0 Å². The van der Waals surface area contributed by atoms with Crippen LogP contribution >= 0.6 is 15.9 Å². The molecule has 4 nitrogen and oxygen atoms in total. The van der Waals surface area contributed by atoms with Gasteiger partial charge in [0.1, 0.15) is 0 Å². The smallest absolute Gasteiger partial charge is 0.241 e. The second kappa shape index (κ2) is 6.85. The molecule has 0 aliphatic heterocycles. The van der Waals surface area contributed by atoms with E-state index in [-0.39, 0.29) is 5.92 Å². The number of sulfonamides is 1. The Morgan fingerprint density at radius 3 is 2.81 bits per heavy atom. The zero-order valence-corrected chi connectivity index (χ0v) is 14.5. The lowest BCUT2D eigenvalue weighted by Gasteiger charge is -2.13. The minimum atomic E-state index is -3.52. The Bertz CT molecular complexity index is 732. The fraction of sp³-hybridized carbons (Fsp3) is 0.400. The molecule has 1 N–H and O–H groups in total. The molecule has 1 aromatic heterocycles. The molecule has 0 aliphatic rings.